The van der Waals surface area contributed by atoms with Crippen LogP contribution in [0.5, 0.6) is 0 Å². The van der Waals surface area contributed by atoms with E-state index in [1.165, 1.54) is 6.20 Å². The van der Waals surface area contributed by atoms with E-state index >= 15 is 0 Å². The van der Waals surface area contributed by atoms with Crippen molar-refractivity contribution in [3.8, 4) is 0 Å². The number of fused-ring (bicyclic) bond motifs is 2. The van der Waals surface area contributed by atoms with Gasteiger partial charge in [-0.3, -0.25) is 19.2 Å². The van der Waals surface area contributed by atoms with E-state index in [2.05, 4.69) is 9.97 Å². The van der Waals surface area contributed by atoms with E-state index in [0.717, 1.165) is 30.5 Å². The lowest BCUT2D eigenvalue weighted by Crippen LogP contribution is -2.49. The maximum absolute atomic E-state index is 13.0. The Morgan fingerprint density at radius 1 is 1.26 bits per heavy atom. The molecule has 3 heterocycles. The van der Waals surface area contributed by atoms with Gasteiger partial charge in [0.25, 0.3) is 23.5 Å². The highest BCUT2D eigenvalue weighted by Gasteiger charge is 2.46. The van der Waals surface area contributed by atoms with Crippen molar-refractivity contribution in [3.63, 3.8) is 0 Å². The van der Waals surface area contributed by atoms with Crippen LogP contribution in [0, 0.1) is 0 Å². The van der Waals surface area contributed by atoms with Crippen LogP contribution in [-0.2, 0) is 22.0 Å². The summed E-state index contributed by atoms with van der Waals surface area (Å²) in [7, 11) is 0. The van der Waals surface area contributed by atoms with Gasteiger partial charge in [0.05, 0.1) is 5.69 Å². The highest BCUT2D eigenvalue weighted by molar-refractivity contribution is 5.94. The molecule has 0 aromatic carbocycles. The first-order valence-electron chi connectivity index (χ1n) is 10.3. The molecule has 1 unspecified atom stereocenters. The van der Waals surface area contributed by atoms with Gasteiger partial charge in [-0.15, -0.1) is 0 Å². The van der Waals surface area contributed by atoms with Crippen LogP contribution in [0.4, 0.5) is 0 Å². The number of carbonyl (C=O) groups is 2. The monoisotopic (exact) mass is 428 g/mol. The van der Waals surface area contributed by atoms with Crippen LogP contribution in [0.3, 0.4) is 0 Å². The van der Waals surface area contributed by atoms with Gasteiger partial charge in [0.15, 0.2) is 0 Å². The second-order valence-electron chi connectivity index (χ2n) is 9.12. The number of amides is 1. The van der Waals surface area contributed by atoms with Gasteiger partial charge in [-0.2, -0.15) is 0 Å². The smallest absolute Gasteiger partial charge is 0.290 e. The van der Waals surface area contributed by atoms with Crippen LogP contribution in [-0.4, -0.2) is 50.4 Å². The summed E-state index contributed by atoms with van der Waals surface area (Å²) in [6.45, 7) is 6.93. The normalized spacial score (nSPS) is 20.0. The predicted octanol–water partition coefficient (Wildman–Crippen LogP) is 1.58. The molecule has 1 aliphatic carbocycles. The Morgan fingerprint density at radius 3 is 2.61 bits per heavy atom. The zero-order valence-electron chi connectivity index (χ0n) is 18.0. The predicted molar refractivity (Wildman–Crippen MR) is 114 cm³/mol. The van der Waals surface area contributed by atoms with E-state index in [0.29, 0.717) is 25.3 Å². The minimum atomic E-state index is -0.372. The van der Waals surface area contributed by atoms with Gasteiger partial charge in [-0.1, -0.05) is 20.8 Å². The van der Waals surface area contributed by atoms with E-state index in [1.807, 2.05) is 20.8 Å². The average Bonchev–Trinajstić information content (AvgIpc) is 3.06. The number of carbonyl (C=O) groups excluding carboxylic acids is 1. The van der Waals surface area contributed by atoms with E-state index in [9.17, 15) is 14.4 Å². The fourth-order valence-corrected chi connectivity index (χ4v) is 4.47. The van der Waals surface area contributed by atoms with Crippen LogP contribution in [0.25, 0.3) is 0 Å². The number of aromatic amines is 2. The molecule has 31 heavy (non-hydrogen) atoms. The molecule has 9 nitrogen and oxygen atoms in total. The molecule has 9 heteroatoms. The molecule has 166 valence electrons. The Bertz CT molecular complexity index is 1100. The van der Waals surface area contributed by atoms with Crippen molar-refractivity contribution >= 4 is 12.4 Å². The van der Waals surface area contributed by atoms with Crippen LogP contribution in [0.1, 0.15) is 67.5 Å². The number of nitrogens with one attached hydrogen (secondary N) is 2. The zero-order valence-corrected chi connectivity index (χ0v) is 18.0. The van der Waals surface area contributed by atoms with Gasteiger partial charge in [0, 0.05) is 35.7 Å². The minimum absolute atomic E-state index is 0.0604. The maximum Gasteiger partial charge on any atom is 0.290 e. The summed E-state index contributed by atoms with van der Waals surface area (Å²) < 4.78 is 0. The largest absolute Gasteiger partial charge is 0.483 e. The third kappa shape index (κ3) is 4.30. The summed E-state index contributed by atoms with van der Waals surface area (Å²) in [4.78, 5) is 58.2. The summed E-state index contributed by atoms with van der Waals surface area (Å²) in [5.74, 6) is 0.427. The molecule has 1 saturated heterocycles. The number of pyridine rings is 1. The second-order valence-corrected chi connectivity index (χ2v) is 9.12. The zero-order chi connectivity index (χ0) is 22.8. The summed E-state index contributed by atoms with van der Waals surface area (Å²) in [5, 5.41) is 6.89. The molecule has 2 aromatic rings. The van der Waals surface area contributed by atoms with E-state index in [-0.39, 0.29) is 39.9 Å². The first kappa shape index (κ1) is 22.5. The topological polar surface area (TPSA) is 136 Å². The van der Waals surface area contributed by atoms with Crippen molar-refractivity contribution in [1.29, 1.82) is 0 Å². The highest BCUT2D eigenvalue weighted by atomic mass is 16.3. The number of hydrogen-bond donors (Lipinski definition) is 3. The molecular weight excluding hydrogens is 400 g/mol. The van der Waals surface area contributed by atoms with Crippen molar-refractivity contribution in [2.75, 3.05) is 13.1 Å². The molecule has 0 saturated carbocycles. The highest BCUT2D eigenvalue weighted by Crippen LogP contribution is 2.43. The van der Waals surface area contributed by atoms with Gasteiger partial charge in [-0.25, -0.2) is 4.98 Å². The number of nitrogens with zero attached hydrogens (tertiary/aromatic N) is 2. The number of likely N-dealkylation sites (tertiary alicyclic amines) is 1. The molecule has 1 aliphatic heterocycles. The molecule has 1 atom stereocenters. The van der Waals surface area contributed by atoms with Gasteiger partial charge < -0.3 is 20.0 Å². The summed E-state index contributed by atoms with van der Waals surface area (Å²) in [5.41, 5.74) is 0.754. The molecule has 2 aromatic heterocycles. The average molecular weight is 428 g/mol. The standard InChI is InChI=1S/C21H26N4O3.CH2O2/c1-20(2,3)19-23-15-13(17(27)24-19)7-9-21(15)8-5-11-25(12-21)18(28)14-6-4-10-22-16(14)26;2-1-3/h4,6,10H,5,7-9,11-12H2,1-3H3,(H,22,26)(H,23,24,27);1H,(H,2,3). The van der Waals surface area contributed by atoms with Gasteiger partial charge in [0.2, 0.25) is 0 Å². The molecule has 1 fully saturated rings. The number of carboxylic acid groups (broad SMARTS) is 1. The third-order valence-corrected chi connectivity index (χ3v) is 5.99. The summed E-state index contributed by atoms with van der Waals surface area (Å²) in [6, 6.07) is 3.22. The molecule has 4 rings (SSSR count). The molecular formula is C22H28N4O5. The molecule has 1 amide bonds. The van der Waals surface area contributed by atoms with Crippen LogP contribution in [0.2, 0.25) is 0 Å². The third-order valence-electron chi connectivity index (χ3n) is 5.99. The molecule has 1 spiro atoms. The van der Waals surface area contributed by atoms with Crippen molar-refractivity contribution in [1.82, 2.24) is 19.9 Å². The van der Waals surface area contributed by atoms with Crippen LogP contribution >= 0.6 is 0 Å². The Balaban J connectivity index is 0.000000858. The van der Waals surface area contributed by atoms with E-state index < -0.39 is 0 Å². The Kier molecular flexibility index (Phi) is 6.15. The fourth-order valence-electron chi connectivity index (χ4n) is 4.47. The Labute approximate surface area is 179 Å². The molecule has 2 aliphatic rings. The van der Waals surface area contributed by atoms with E-state index in [4.69, 9.17) is 14.9 Å². The first-order valence-corrected chi connectivity index (χ1v) is 10.3. The van der Waals surface area contributed by atoms with Gasteiger partial charge >= 0.3 is 0 Å². The van der Waals surface area contributed by atoms with E-state index in [1.54, 1.807) is 17.0 Å². The van der Waals surface area contributed by atoms with Crippen molar-refractivity contribution in [2.24, 2.45) is 0 Å². The molecule has 3 N–H and O–H groups in total. The van der Waals surface area contributed by atoms with Crippen molar-refractivity contribution in [2.45, 2.75) is 57.3 Å². The minimum Gasteiger partial charge on any atom is -0.483 e. The van der Waals surface area contributed by atoms with Gasteiger partial charge in [0.1, 0.15) is 11.4 Å². The maximum atomic E-state index is 13.0. The van der Waals surface area contributed by atoms with Gasteiger partial charge in [-0.05, 0) is 37.8 Å². The summed E-state index contributed by atoms with van der Waals surface area (Å²) >= 11 is 0. The number of hydrogen-bond acceptors (Lipinski definition) is 5. The summed E-state index contributed by atoms with van der Waals surface area (Å²) in [6.07, 6.45) is 4.73. The van der Waals surface area contributed by atoms with Crippen LogP contribution in [0.15, 0.2) is 27.9 Å². The Hall–Kier alpha value is -3.23. The van der Waals surface area contributed by atoms with Crippen molar-refractivity contribution in [3.05, 3.63) is 61.7 Å². The van der Waals surface area contributed by atoms with Crippen LogP contribution < -0.4 is 11.1 Å². The Morgan fingerprint density at radius 2 is 1.97 bits per heavy atom. The fraction of sp³-hybridized carbons (Fsp3) is 0.500. The quantitative estimate of drug-likeness (QED) is 0.590. The number of aromatic nitrogens is 3. The lowest BCUT2D eigenvalue weighted by atomic mass is 9.77. The molecule has 0 bridgehead atoms. The lowest BCUT2D eigenvalue weighted by Gasteiger charge is -2.40. The number of rotatable bonds is 1. The second kappa shape index (κ2) is 8.49. The van der Waals surface area contributed by atoms with Crippen molar-refractivity contribution < 1.29 is 14.7 Å². The lowest BCUT2D eigenvalue weighted by molar-refractivity contribution is -0.122. The number of piperidine rings is 1. The first-order chi connectivity index (χ1) is 14.6. The SMILES string of the molecule is CC(C)(C)c1nc2c(c(=O)[nH]1)CCC21CCCN(C(=O)c2ccc[nH]c2=O)C1.O=CO. The molecule has 0 radical (unpaired) electrons. The number of H-pyrrole nitrogens is 2.